The number of nitrogens with two attached hydrogens (primary N) is 1. The van der Waals surface area contributed by atoms with E-state index in [0.717, 1.165) is 5.56 Å². The number of carbonyl (C=O) groups is 1. The Morgan fingerprint density at radius 1 is 1.21 bits per heavy atom. The zero-order chi connectivity index (χ0) is 20.5. The van der Waals surface area contributed by atoms with Gasteiger partial charge in [0.15, 0.2) is 17.7 Å². The van der Waals surface area contributed by atoms with Crippen molar-refractivity contribution in [3.8, 4) is 0 Å². The molecule has 3 aromatic rings. The van der Waals surface area contributed by atoms with E-state index < -0.39 is 30.5 Å². The van der Waals surface area contributed by atoms with Crippen LogP contribution in [0.2, 0.25) is 0 Å². The fourth-order valence-electron chi connectivity index (χ4n) is 3.12. The third-order valence-electron chi connectivity index (χ3n) is 4.72. The first-order valence-electron chi connectivity index (χ1n) is 8.76. The second-order valence-electron chi connectivity index (χ2n) is 6.56. The summed E-state index contributed by atoms with van der Waals surface area (Å²) in [6.07, 6.45) is -1.75. The number of esters is 1. The van der Waals surface area contributed by atoms with Crippen LogP contribution in [0.3, 0.4) is 0 Å². The molecule has 11 heteroatoms. The molecule has 29 heavy (non-hydrogen) atoms. The van der Waals surface area contributed by atoms with Crippen molar-refractivity contribution in [1.29, 1.82) is 0 Å². The van der Waals surface area contributed by atoms with Gasteiger partial charge >= 0.3 is 5.97 Å². The molecule has 3 heterocycles. The van der Waals surface area contributed by atoms with E-state index in [2.05, 4.69) is 30.9 Å². The quantitative estimate of drug-likeness (QED) is 0.368. The number of rotatable bonds is 5. The average molecular weight is 464 g/mol. The van der Waals surface area contributed by atoms with Crippen molar-refractivity contribution >= 4 is 38.9 Å². The number of carbonyl (C=O) groups excluding carboxylic acids is 1. The molecule has 1 aromatic carbocycles. The molecule has 4 atom stereocenters. The van der Waals surface area contributed by atoms with E-state index in [4.69, 9.17) is 15.2 Å². The van der Waals surface area contributed by atoms with Crippen LogP contribution in [0, 0.1) is 0 Å². The Hall–Kier alpha value is -2.60. The smallest absolute Gasteiger partial charge is 0.338 e. The number of imidazole rings is 1. The van der Waals surface area contributed by atoms with Gasteiger partial charge < -0.3 is 25.4 Å². The number of anilines is 1. The largest absolute Gasteiger partial charge is 0.459 e. The zero-order valence-corrected chi connectivity index (χ0v) is 16.6. The fraction of sp³-hybridized carbons (Fsp3) is 0.333. The molecule has 1 fully saturated rings. The van der Waals surface area contributed by atoms with E-state index >= 15 is 0 Å². The van der Waals surface area contributed by atoms with Gasteiger partial charge in [-0.15, -0.1) is 0 Å². The molecule has 1 aliphatic rings. The molecule has 0 amide bonds. The highest BCUT2D eigenvalue weighted by molar-refractivity contribution is 9.08. The second kappa shape index (κ2) is 8.03. The normalized spacial score (nSPS) is 24.1. The highest BCUT2D eigenvalue weighted by Crippen LogP contribution is 2.32. The number of aromatic nitrogens is 4. The summed E-state index contributed by atoms with van der Waals surface area (Å²) in [5.74, 6) is -0.355. The summed E-state index contributed by atoms with van der Waals surface area (Å²) in [4.78, 5) is 24.3. The number of aliphatic hydroxyl groups excluding tert-OH is 2. The monoisotopic (exact) mass is 463 g/mol. The van der Waals surface area contributed by atoms with Gasteiger partial charge in [0, 0.05) is 5.33 Å². The molecule has 2 aromatic heterocycles. The van der Waals surface area contributed by atoms with Gasteiger partial charge in [0.25, 0.3) is 0 Å². The van der Waals surface area contributed by atoms with Gasteiger partial charge in [-0.05, 0) is 17.7 Å². The minimum atomic E-state index is -1.27. The number of fused-ring (bicyclic) bond motifs is 1. The van der Waals surface area contributed by atoms with Crippen LogP contribution in [-0.2, 0) is 14.8 Å². The highest BCUT2D eigenvalue weighted by Gasteiger charge is 2.45. The number of ether oxygens (including phenoxy) is 2. The Bertz CT molecular complexity index is 1030. The summed E-state index contributed by atoms with van der Waals surface area (Å²) < 4.78 is 12.5. The van der Waals surface area contributed by atoms with Crippen LogP contribution >= 0.6 is 15.9 Å². The Kier molecular flexibility index (Phi) is 5.46. The number of nitrogens with zero attached hydrogens (tertiary/aromatic N) is 4. The van der Waals surface area contributed by atoms with Crippen molar-refractivity contribution in [2.24, 2.45) is 0 Å². The molecule has 1 aliphatic heterocycles. The predicted octanol–water partition coefficient (Wildman–Crippen LogP) is 0.780. The molecule has 4 N–H and O–H groups in total. The summed E-state index contributed by atoms with van der Waals surface area (Å²) in [6, 6.07) is 6.93. The van der Waals surface area contributed by atoms with Gasteiger partial charge in [0.2, 0.25) is 0 Å². The molecular formula is C18H18BrN5O5. The van der Waals surface area contributed by atoms with Crippen molar-refractivity contribution < 1.29 is 24.5 Å². The van der Waals surface area contributed by atoms with Gasteiger partial charge in [0.1, 0.15) is 36.8 Å². The highest BCUT2D eigenvalue weighted by atomic mass is 79.9. The van der Waals surface area contributed by atoms with E-state index in [1.165, 1.54) is 17.2 Å². The van der Waals surface area contributed by atoms with Crippen LogP contribution in [0.25, 0.3) is 11.2 Å². The Labute approximate surface area is 173 Å². The summed E-state index contributed by atoms with van der Waals surface area (Å²) in [5, 5.41) is 21.5. The number of aliphatic hydroxyl groups is 2. The average Bonchev–Trinajstić information content (AvgIpc) is 3.29. The van der Waals surface area contributed by atoms with Crippen LogP contribution in [0.1, 0.15) is 22.1 Å². The van der Waals surface area contributed by atoms with Crippen molar-refractivity contribution in [2.75, 3.05) is 12.3 Å². The molecule has 0 radical (unpaired) electrons. The summed E-state index contributed by atoms with van der Waals surface area (Å²) in [7, 11) is 0. The first-order chi connectivity index (χ1) is 14.0. The molecule has 152 valence electrons. The molecule has 4 rings (SSSR count). The number of hydrogen-bond acceptors (Lipinski definition) is 9. The zero-order valence-electron chi connectivity index (χ0n) is 15.1. The molecule has 0 spiro atoms. The van der Waals surface area contributed by atoms with E-state index in [1.807, 2.05) is 12.1 Å². The van der Waals surface area contributed by atoms with Crippen molar-refractivity contribution in [2.45, 2.75) is 29.9 Å². The maximum Gasteiger partial charge on any atom is 0.338 e. The van der Waals surface area contributed by atoms with E-state index in [-0.39, 0.29) is 12.4 Å². The van der Waals surface area contributed by atoms with Crippen LogP contribution in [0.5, 0.6) is 0 Å². The minimum absolute atomic E-state index is 0.193. The van der Waals surface area contributed by atoms with Crippen molar-refractivity contribution in [3.63, 3.8) is 0 Å². The molecule has 1 unspecified atom stereocenters. The van der Waals surface area contributed by atoms with Crippen molar-refractivity contribution in [3.05, 3.63) is 48.0 Å². The van der Waals surface area contributed by atoms with Crippen LogP contribution in [-0.4, -0.2) is 60.6 Å². The number of benzene rings is 1. The first-order valence-corrected chi connectivity index (χ1v) is 9.88. The first kappa shape index (κ1) is 19.7. The maximum atomic E-state index is 12.2. The maximum absolute atomic E-state index is 12.2. The van der Waals surface area contributed by atoms with E-state index in [0.29, 0.717) is 22.1 Å². The Morgan fingerprint density at radius 2 is 1.97 bits per heavy atom. The fourth-order valence-corrected chi connectivity index (χ4v) is 3.50. The lowest BCUT2D eigenvalue weighted by Gasteiger charge is -2.16. The topological polar surface area (TPSA) is 146 Å². The standard InChI is InChI=1S/C18H18BrN5O5/c19-5-9-1-3-10(4-2-9)18(27)28-6-11-13(25)14(26)17(29-11)24-8-23-12-15(20)21-7-22-16(12)24/h1-4,7-8,11,13-14,17,25-26H,5-6H2,(H2,20,21,22)/t11-,13-,14-,17?/m1/s1. The van der Waals surface area contributed by atoms with Crippen molar-refractivity contribution in [1.82, 2.24) is 19.5 Å². The van der Waals surface area contributed by atoms with E-state index in [9.17, 15) is 15.0 Å². The third kappa shape index (κ3) is 3.69. The Balaban J connectivity index is 1.45. The second-order valence-corrected chi connectivity index (χ2v) is 7.12. The number of halogens is 1. The molecule has 1 saturated heterocycles. The minimum Gasteiger partial charge on any atom is -0.459 e. The molecule has 0 saturated carbocycles. The lowest BCUT2D eigenvalue weighted by molar-refractivity contribution is -0.0565. The summed E-state index contributed by atoms with van der Waals surface area (Å²) in [6.45, 7) is -0.225. The van der Waals surface area contributed by atoms with Crippen LogP contribution in [0.4, 0.5) is 5.82 Å². The van der Waals surface area contributed by atoms with Gasteiger partial charge in [0.05, 0.1) is 11.9 Å². The van der Waals surface area contributed by atoms with E-state index in [1.54, 1.807) is 12.1 Å². The third-order valence-corrected chi connectivity index (χ3v) is 5.37. The lowest BCUT2D eigenvalue weighted by Crippen LogP contribution is -2.34. The molecule has 0 bridgehead atoms. The lowest BCUT2D eigenvalue weighted by atomic mass is 10.1. The number of hydrogen-bond donors (Lipinski definition) is 3. The van der Waals surface area contributed by atoms with Crippen LogP contribution in [0.15, 0.2) is 36.9 Å². The summed E-state index contributed by atoms with van der Waals surface area (Å²) >= 11 is 3.34. The number of alkyl halides is 1. The molecule has 0 aliphatic carbocycles. The Morgan fingerprint density at radius 3 is 2.69 bits per heavy atom. The predicted molar refractivity (Wildman–Crippen MR) is 105 cm³/mol. The molecule has 10 nitrogen and oxygen atoms in total. The van der Waals surface area contributed by atoms with Gasteiger partial charge in [-0.25, -0.2) is 19.7 Å². The molecular weight excluding hydrogens is 446 g/mol. The number of nitrogen functional groups attached to an aromatic ring is 1. The van der Waals surface area contributed by atoms with Gasteiger partial charge in [-0.1, -0.05) is 28.1 Å². The summed E-state index contributed by atoms with van der Waals surface area (Å²) in [5.41, 5.74) is 7.90. The van der Waals surface area contributed by atoms with Gasteiger partial charge in [-0.2, -0.15) is 0 Å². The van der Waals surface area contributed by atoms with Crippen LogP contribution < -0.4 is 5.73 Å². The van der Waals surface area contributed by atoms with Gasteiger partial charge in [-0.3, -0.25) is 4.57 Å². The SMILES string of the molecule is Nc1ncnc2c1ncn2C1O[C@H](COC(=O)c2ccc(CBr)cc2)[C@@H](O)[C@H]1O.